The fourth-order valence-corrected chi connectivity index (χ4v) is 3.56. The molecule has 0 saturated carbocycles. The van der Waals surface area contributed by atoms with Gasteiger partial charge in [-0.3, -0.25) is 0 Å². The third kappa shape index (κ3) is 3.83. The molecule has 0 aromatic heterocycles. The summed E-state index contributed by atoms with van der Waals surface area (Å²) < 4.78 is 10.3. The van der Waals surface area contributed by atoms with Crippen LogP contribution in [0.3, 0.4) is 0 Å². The van der Waals surface area contributed by atoms with Crippen LogP contribution in [0.1, 0.15) is 37.4 Å². The van der Waals surface area contributed by atoms with Crippen molar-refractivity contribution in [3.63, 3.8) is 0 Å². The van der Waals surface area contributed by atoms with Crippen LogP contribution in [-0.4, -0.2) is 25.1 Å². The van der Waals surface area contributed by atoms with Gasteiger partial charge in [-0.25, -0.2) is 4.79 Å². The van der Waals surface area contributed by atoms with Gasteiger partial charge >= 0.3 is 6.09 Å². The molecule has 2 aromatic rings. The summed E-state index contributed by atoms with van der Waals surface area (Å²) in [5.74, 6) is 0.750. The predicted molar refractivity (Wildman–Crippen MR) is 100 cm³/mol. The van der Waals surface area contributed by atoms with Gasteiger partial charge in [0.25, 0.3) is 0 Å². The van der Waals surface area contributed by atoms with E-state index in [-0.39, 0.29) is 18.2 Å². The Morgan fingerprint density at radius 1 is 1.19 bits per heavy atom. The summed E-state index contributed by atoms with van der Waals surface area (Å²) in [6.07, 6.45) is 0.931. The molecule has 1 aliphatic carbocycles. The Labute approximate surface area is 153 Å². The maximum Gasteiger partial charge on any atom is 0.405 e. The lowest BCUT2D eigenvalue weighted by Gasteiger charge is -2.40. The molecule has 5 heteroatoms. The molecular formula is C21H25NO4. The molecule has 0 bridgehead atoms. The highest BCUT2D eigenvalue weighted by molar-refractivity contribution is 5.68. The Hall–Kier alpha value is -2.53. The zero-order chi connectivity index (χ0) is 18.7. The van der Waals surface area contributed by atoms with Gasteiger partial charge in [-0.15, -0.1) is 0 Å². The minimum Gasteiger partial charge on any atom is -0.468 e. The van der Waals surface area contributed by atoms with Gasteiger partial charge in [-0.2, -0.15) is 0 Å². The first-order valence-electron chi connectivity index (χ1n) is 8.75. The number of fused-ring (bicyclic) bond motifs is 1. The van der Waals surface area contributed by atoms with Crippen molar-refractivity contribution in [1.82, 2.24) is 5.32 Å². The van der Waals surface area contributed by atoms with Crippen LogP contribution in [0.15, 0.2) is 42.5 Å². The Morgan fingerprint density at radius 3 is 2.54 bits per heavy atom. The van der Waals surface area contributed by atoms with E-state index in [1.165, 1.54) is 5.56 Å². The van der Waals surface area contributed by atoms with E-state index < -0.39 is 6.09 Å². The van der Waals surface area contributed by atoms with Crippen molar-refractivity contribution in [3.05, 3.63) is 53.6 Å². The van der Waals surface area contributed by atoms with Gasteiger partial charge in [-0.1, -0.05) is 38.1 Å². The second-order valence-corrected chi connectivity index (χ2v) is 7.36. The number of rotatable bonds is 5. The Kier molecular flexibility index (Phi) is 5.18. The van der Waals surface area contributed by atoms with E-state index in [0.29, 0.717) is 0 Å². The van der Waals surface area contributed by atoms with Crippen LogP contribution >= 0.6 is 0 Å². The van der Waals surface area contributed by atoms with Crippen LogP contribution in [0.25, 0.3) is 11.1 Å². The van der Waals surface area contributed by atoms with Crippen molar-refractivity contribution in [2.45, 2.75) is 32.7 Å². The monoisotopic (exact) mass is 355 g/mol. The number of amides is 1. The summed E-state index contributed by atoms with van der Waals surface area (Å²) in [5.41, 5.74) is 4.29. The highest BCUT2D eigenvalue weighted by atomic mass is 16.7. The molecule has 0 radical (unpaired) electrons. The number of carbonyl (C=O) groups is 1. The smallest absolute Gasteiger partial charge is 0.405 e. The number of methoxy groups -OCH3 is 1. The first-order valence-corrected chi connectivity index (χ1v) is 8.75. The second-order valence-electron chi connectivity index (χ2n) is 7.36. The van der Waals surface area contributed by atoms with Gasteiger partial charge in [0.2, 0.25) is 0 Å². The molecule has 26 heavy (non-hydrogen) atoms. The Balaban J connectivity index is 1.93. The largest absolute Gasteiger partial charge is 0.468 e. The lowest BCUT2D eigenvalue weighted by atomic mass is 9.70. The number of carboxylic acid groups (broad SMARTS) is 1. The van der Waals surface area contributed by atoms with E-state index in [1.807, 2.05) is 24.3 Å². The summed E-state index contributed by atoms with van der Waals surface area (Å²) >= 11 is 0. The standard InChI is InChI=1S/C21H25NO4/c1-21(2)11-10-15-4-5-16(12-18(15)19(21)22-20(23)24)14-6-8-17(9-7-14)26-13-25-3/h4-9,12,19,22H,10-11,13H2,1-3H3,(H,23,24). The summed E-state index contributed by atoms with van der Waals surface area (Å²) in [6.45, 7) is 4.45. The lowest BCUT2D eigenvalue weighted by Crippen LogP contribution is -2.40. The molecule has 5 nitrogen and oxygen atoms in total. The zero-order valence-electron chi connectivity index (χ0n) is 15.4. The van der Waals surface area contributed by atoms with Crippen LogP contribution in [0, 0.1) is 5.41 Å². The molecule has 1 unspecified atom stereocenters. The minimum absolute atomic E-state index is 0.123. The molecule has 3 rings (SSSR count). The van der Waals surface area contributed by atoms with Crippen LogP contribution < -0.4 is 10.1 Å². The van der Waals surface area contributed by atoms with Crippen molar-refractivity contribution >= 4 is 6.09 Å². The molecule has 2 aromatic carbocycles. The molecule has 0 fully saturated rings. The summed E-state index contributed by atoms with van der Waals surface area (Å²) in [5, 5.41) is 12.0. The molecule has 0 saturated heterocycles. The maximum atomic E-state index is 11.3. The predicted octanol–water partition coefficient (Wildman–Crippen LogP) is 4.62. The van der Waals surface area contributed by atoms with E-state index in [1.54, 1.807) is 7.11 Å². The van der Waals surface area contributed by atoms with Crippen LogP contribution in [0.2, 0.25) is 0 Å². The van der Waals surface area contributed by atoms with Crippen molar-refractivity contribution < 1.29 is 19.4 Å². The minimum atomic E-state index is -0.985. The van der Waals surface area contributed by atoms with E-state index in [4.69, 9.17) is 9.47 Å². The lowest BCUT2D eigenvalue weighted by molar-refractivity contribution is 0.0511. The molecule has 1 amide bonds. The van der Waals surface area contributed by atoms with Gasteiger partial charge in [0.1, 0.15) is 5.75 Å². The summed E-state index contributed by atoms with van der Waals surface area (Å²) in [7, 11) is 1.59. The zero-order valence-corrected chi connectivity index (χ0v) is 15.4. The second kappa shape index (κ2) is 7.38. The molecule has 1 atom stereocenters. The van der Waals surface area contributed by atoms with Gasteiger partial charge in [0, 0.05) is 7.11 Å². The fraction of sp³-hybridized carbons (Fsp3) is 0.381. The number of nitrogens with one attached hydrogen (secondary N) is 1. The molecule has 138 valence electrons. The van der Waals surface area contributed by atoms with Crippen molar-refractivity contribution in [2.24, 2.45) is 5.41 Å². The Morgan fingerprint density at radius 2 is 1.88 bits per heavy atom. The van der Waals surface area contributed by atoms with Gasteiger partial charge in [0.15, 0.2) is 6.79 Å². The highest BCUT2D eigenvalue weighted by Gasteiger charge is 2.37. The molecule has 1 aliphatic rings. The molecule has 0 aliphatic heterocycles. The van der Waals surface area contributed by atoms with E-state index in [2.05, 4.69) is 37.4 Å². The van der Waals surface area contributed by atoms with Gasteiger partial charge in [0.05, 0.1) is 6.04 Å². The number of aryl methyl sites for hydroxylation is 1. The number of hydrogen-bond donors (Lipinski definition) is 2. The molecule has 0 heterocycles. The third-order valence-corrected chi connectivity index (χ3v) is 5.08. The van der Waals surface area contributed by atoms with Crippen molar-refractivity contribution in [2.75, 3.05) is 13.9 Å². The van der Waals surface area contributed by atoms with E-state index in [0.717, 1.165) is 35.3 Å². The summed E-state index contributed by atoms with van der Waals surface area (Å²) in [6, 6.07) is 13.9. The Bertz CT molecular complexity index is 783. The number of ether oxygens (including phenoxy) is 2. The first-order chi connectivity index (χ1) is 12.4. The molecule has 2 N–H and O–H groups in total. The average Bonchev–Trinajstić information content (AvgIpc) is 2.62. The molecule has 0 spiro atoms. The highest BCUT2D eigenvalue weighted by Crippen LogP contribution is 2.44. The van der Waals surface area contributed by atoms with E-state index >= 15 is 0 Å². The number of hydrogen-bond acceptors (Lipinski definition) is 3. The van der Waals surface area contributed by atoms with Crippen LogP contribution in [-0.2, 0) is 11.2 Å². The normalized spacial score (nSPS) is 18.0. The fourth-order valence-electron chi connectivity index (χ4n) is 3.56. The summed E-state index contributed by atoms with van der Waals surface area (Å²) in [4.78, 5) is 11.3. The SMILES string of the molecule is COCOc1ccc(-c2ccc3c(c2)C(NC(=O)O)C(C)(C)CC3)cc1. The topological polar surface area (TPSA) is 67.8 Å². The van der Waals surface area contributed by atoms with Crippen LogP contribution in [0.5, 0.6) is 5.75 Å². The van der Waals surface area contributed by atoms with Crippen molar-refractivity contribution in [3.8, 4) is 16.9 Å². The third-order valence-electron chi connectivity index (χ3n) is 5.08. The van der Waals surface area contributed by atoms with Crippen molar-refractivity contribution in [1.29, 1.82) is 0 Å². The molecular weight excluding hydrogens is 330 g/mol. The van der Waals surface area contributed by atoms with Gasteiger partial charge in [-0.05, 0) is 58.7 Å². The van der Waals surface area contributed by atoms with Gasteiger partial charge < -0.3 is 19.9 Å². The first kappa shape index (κ1) is 18.3. The number of benzene rings is 2. The maximum absolute atomic E-state index is 11.3. The average molecular weight is 355 g/mol. The van der Waals surface area contributed by atoms with Crippen LogP contribution in [0.4, 0.5) is 4.79 Å². The quantitative estimate of drug-likeness (QED) is 0.768. The van der Waals surface area contributed by atoms with E-state index in [9.17, 15) is 9.90 Å².